The van der Waals surface area contributed by atoms with E-state index in [0.29, 0.717) is 26.1 Å². The number of fused-ring (bicyclic) bond motifs is 1. The standard InChI is InChI=1S/C21H26N2O6/c1-5-22(12-14(2)3)18(24)13-29-21(27)15-7-8-16-17(11-15)20(26)23(19(16)25)9-6-10-28-4/h7-8,11H,2,5-6,9-10,12-13H2,1,3-4H3. The minimum absolute atomic E-state index is 0.111. The maximum absolute atomic E-state index is 12.5. The third-order valence-corrected chi connectivity index (χ3v) is 4.46. The van der Waals surface area contributed by atoms with Crippen LogP contribution in [0.2, 0.25) is 0 Å². The molecule has 0 N–H and O–H groups in total. The lowest BCUT2D eigenvalue weighted by molar-refractivity contribution is -0.133. The molecule has 0 aliphatic carbocycles. The van der Waals surface area contributed by atoms with Gasteiger partial charge in [0, 0.05) is 33.4 Å². The van der Waals surface area contributed by atoms with Gasteiger partial charge in [0.1, 0.15) is 0 Å². The van der Waals surface area contributed by atoms with Crippen LogP contribution < -0.4 is 0 Å². The first-order valence-electron chi connectivity index (χ1n) is 9.38. The Kier molecular flexibility index (Phi) is 7.67. The van der Waals surface area contributed by atoms with Crippen LogP contribution in [-0.2, 0) is 14.3 Å². The van der Waals surface area contributed by atoms with Crippen molar-refractivity contribution in [2.45, 2.75) is 20.3 Å². The highest BCUT2D eigenvalue weighted by atomic mass is 16.5. The number of esters is 1. The monoisotopic (exact) mass is 402 g/mol. The van der Waals surface area contributed by atoms with Crippen LogP contribution in [0.25, 0.3) is 0 Å². The molecule has 0 fully saturated rings. The minimum atomic E-state index is -0.731. The largest absolute Gasteiger partial charge is 0.452 e. The summed E-state index contributed by atoms with van der Waals surface area (Å²) in [6, 6.07) is 4.19. The van der Waals surface area contributed by atoms with E-state index in [2.05, 4.69) is 6.58 Å². The smallest absolute Gasteiger partial charge is 0.338 e. The van der Waals surface area contributed by atoms with Crippen molar-refractivity contribution in [2.24, 2.45) is 0 Å². The molecule has 0 saturated carbocycles. The van der Waals surface area contributed by atoms with Crippen LogP contribution in [0.1, 0.15) is 51.3 Å². The van der Waals surface area contributed by atoms with E-state index in [1.807, 2.05) is 13.8 Å². The molecule has 1 aromatic rings. The molecule has 0 saturated heterocycles. The SMILES string of the molecule is C=C(C)CN(CC)C(=O)COC(=O)c1ccc2c(c1)C(=O)N(CCCOC)C2=O. The summed E-state index contributed by atoms with van der Waals surface area (Å²) in [6.07, 6.45) is 0.525. The number of hydrogen-bond donors (Lipinski definition) is 0. The minimum Gasteiger partial charge on any atom is -0.452 e. The number of nitrogens with zero attached hydrogens (tertiary/aromatic N) is 2. The van der Waals surface area contributed by atoms with E-state index in [4.69, 9.17) is 9.47 Å². The van der Waals surface area contributed by atoms with E-state index < -0.39 is 24.4 Å². The van der Waals surface area contributed by atoms with Crippen molar-refractivity contribution in [3.63, 3.8) is 0 Å². The molecule has 0 unspecified atom stereocenters. The molecular weight excluding hydrogens is 376 g/mol. The fraction of sp³-hybridized carbons (Fsp3) is 0.429. The van der Waals surface area contributed by atoms with E-state index in [1.165, 1.54) is 23.1 Å². The van der Waals surface area contributed by atoms with Gasteiger partial charge in [-0.1, -0.05) is 12.2 Å². The van der Waals surface area contributed by atoms with Gasteiger partial charge in [-0.3, -0.25) is 19.3 Å². The summed E-state index contributed by atoms with van der Waals surface area (Å²) in [6.45, 7) is 8.52. The number of benzene rings is 1. The Morgan fingerprint density at radius 1 is 1.17 bits per heavy atom. The van der Waals surface area contributed by atoms with Crippen molar-refractivity contribution in [1.82, 2.24) is 9.80 Å². The zero-order chi connectivity index (χ0) is 21.6. The Bertz CT molecular complexity index is 832. The summed E-state index contributed by atoms with van der Waals surface area (Å²) in [7, 11) is 1.54. The summed E-state index contributed by atoms with van der Waals surface area (Å²) >= 11 is 0. The second kappa shape index (κ2) is 9.97. The molecule has 8 nitrogen and oxygen atoms in total. The molecule has 0 radical (unpaired) electrons. The van der Waals surface area contributed by atoms with Crippen molar-refractivity contribution in [2.75, 3.05) is 40.0 Å². The fourth-order valence-corrected chi connectivity index (χ4v) is 2.99. The van der Waals surface area contributed by atoms with Gasteiger partial charge in [-0.25, -0.2) is 4.79 Å². The predicted molar refractivity (Wildman–Crippen MR) is 106 cm³/mol. The Balaban J connectivity index is 2.04. The zero-order valence-electron chi connectivity index (χ0n) is 17.0. The predicted octanol–water partition coefficient (Wildman–Crippen LogP) is 1.90. The molecule has 0 bridgehead atoms. The normalized spacial score (nSPS) is 12.7. The molecule has 8 heteroatoms. The van der Waals surface area contributed by atoms with Gasteiger partial charge in [0.15, 0.2) is 6.61 Å². The van der Waals surface area contributed by atoms with Crippen molar-refractivity contribution < 1.29 is 28.7 Å². The summed E-state index contributed by atoms with van der Waals surface area (Å²) in [5.74, 6) is -1.91. The molecule has 156 valence electrons. The molecule has 1 aromatic carbocycles. The topological polar surface area (TPSA) is 93.2 Å². The van der Waals surface area contributed by atoms with Crippen LogP contribution in [0.15, 0.2) is 30.4 Å². The number of imide groups is 1. The van der Waals surface area contributed by atoms with Crippen molar-refractivity contribution in [3.8, 4) is 0 Å². The van der Waals surface area contributed by atoms with Gasteiger partial charge in [-0.05, 0) is 38.5 Å². The van der Waals surface area contributed by atoms with E-state index in [-0.39, 0.29) is 29.1 Å². The summed E-state index contributed by atoms with van der Waals surface area (Å²) in [5.41, 5.74) is 1.34. The fourth-order valence-electron chi connectivity index (χ4n) is 2.99. The maximum atomic E-state index is 12.5. The quantitative estimate of drug-likeness (QED) is 0.257. The Morgan fingerprint density at radius 3 is 2.48 bits per heavy atom. The third-order valence-electron chi connectivity index (χ3n) is 4.46. The first kappa shape index (κ1) is 22.3. The molecule has 0 spiro atoms. The van der Waals surface area contributed by atoms with Gasteiger partial charge >= 0.3 is 5.97 Å². The third kappa shape index (κ3) is 5.29. The number of likely N-dealkylation sites (N-methyl/N-ethyl adjacent to an activating group) is 1. The van der Waals surface area contributed by atoms with Crippen molar-refractivity contribution >= 4 is 23.7 Å². The first-order valence-corrected chi connectivity index (χ1v) is 9.38. The van der Waals surface area contributed by atoms with E-state index in [1.54, 1.807) is 7.11 Å². The van der Waals surface area contributed by atoms with E-state index in [9.17, 15) is 19.2 Å². The van der Waals surface area contributed by atoms with Crippen molar-refractivity contribution in [3.05, 3.63) is 47.0 Å². The van der Waals surface area contributed by atoms with Crippen molar-refractivity contribution in [1.29, 1.82) is 0 Å². The Morgan fingerprint density at radius 2 is 1.86 bits per heavy atom. The number of carbonyl (C=O) groups is 4. The molecule has 2 rings (SSSR count). The second-order valence-electron chi connectivity index (χ2n) is 6.81. The van der Waals surface area contributed by atoms with Crippen LogP contribution in [0.3, 0.4) is 0 Å². The average molecular weight is 402 g/mol. The van der Waals surface area contributed by atoms with Gasteiger partial charge in [-0.2, -0.15) is 0 Å². The Labute approximate surface area is 170 Å². The number of carbonyl (C=O) groups excluding carboxylic acids is 4. The van der Waals surface area contributed by atoms with Crippen LogP contribution >= 0.6 is 0 Å². The molecule has 29 heavy (non-hydrogen) atoms. The highest BCUT2D eigenvalue weighted by molar-refractivity contribution is 6.21. The molecule has 1 aliphatic heterocycles. The molecule has 0 aromatic heterocycles. The van der Waals surface area contributed by atoms with E-state index in [0.717, 1.165) is 10.5 Å². The molecule has 1 heterocycles. The molecule has 0 atom stereocenters. The second-order valence-corrected chi connectivity index (χ2v) is 6.81. The molecule has 3 amide bonds. The van der Waals surface area contributed by atoms with Gasteiger partial charge in [0.25, 0.3) is 17.7 Å². The highest BCUT2D eigenvalue weighted by Gasteiger charge is 2.35. The number of rotatable bonds is 10. The van der Waals surface area contributed by atoms with Crippen LogP contribution in [0.5, 0.6) is 0 Å². The lowest BCUT2D eigenvalue weighted by Gasteiger charge is -2.20. The van der Waals surface area contributed by atoms with Gasteiger partial charge in [0.2, 0.25) is 0 Å². The van der Waals surface area contributed by atoms with Crippen LogP contribution in [0, 0.1) is 0 Å². The maximum Gasteiger partial charge on any atom is 0.338 e. The van der Waals surface area contributed by atoms with Crippen LogP contribution in [0.4, 0.5) is 0 Å². The first-order chi connectivity index (χ1) is 13.8. The molecular formula is C21H26N2O6. The summed E-state index contributed by atoms with van der Waals surface area (Å²) in [4.78, 5) is 52.1. The summed E-state index contributed by atoms with van der Waals surface area (Å²) in [5, 5.41) is 0. The number of ether oxygens (including phenoxy) is 2. The Hall–Kier alpha value is -3.00. The van der Waals surface area contributed by atoms with Crippen LogP contribution in [-0.4, -0.2) is 73.4 Å². The summed E-state index contributed by atoms with van der Waals surface area (Å²) < 4.78 is 10.0. The number of amides is 3. The van der Waals surface area contributed by atoms with Gasteiger partial charge in [0.05, 0.1) is 16.7 Å². The molecule has 1 aliphatic rings. The lowest BCUT2D eigenvalue weighted by Crippen LogP contribution is -2.35. The highest BCUT2D eigenvalue weighted by Crippen LogP contribution is 2.24. The average Bonchev–Trinajstić information content (AvgIpc) is 2.94. The lowest BCUT2D eigenvalue weighted by atomic mass is 10.1. The number of methoxy groups -OCH3 is 1. The van der Waals surface area contributed by atoms with Gasteiger partial charge in [-0.15, -0.1) is 0 Å². The van der Waals surface area contributed by atoms with E-state index >= 15 is 0 Å². The zero-order valence-corrected chi connectivity index (χ0v) is 17.0. The van der Waals surface area contributed by atoms with Gasteiger partial charge < -0.3 is 14.4 Å². The number of hydrogen-bond acceptors (Lipinski definition) is 6.